The van der Waals surface area contributed by atoms with Gasteiger partial charge in [-0.1, -0.05) is 0 Å². The van der Waals surface area contributed by atoms with Gasteiger partial charge in [-0.25, -0.2) is 4.79 Å². The lowest BCUT2D eigenvalue weighted by Gasteiger charge is -2.10. The van der Waals surface area contributed by atoms with Crippen molar-refractivity contribution in [3.8, 4) is 0 Å². The molecule has 0 aliphatic carbocycles. The molecule has 0 bridgehead atoms. The molecule has 0 fully saturated rings. The summed E-state index contributed by atoms with van der Waals surface area (Å²) in [6.07, 6.45) is 0.368. The monoisotopic (exact) mass is 279 g/mol. The van der Waals surface area contributed by atoms with E-state index in [1.165, 1.54) is 0 Å². The van der Waals surface area contributed by atoms with Gasteiger partial charge in [0, 0.05) is 19.5 Å². The van der Waals surface area contributed by atoms with E-state index in [2.05, 4.69) is 10.6 Å². The van der Waals surface area contributed by atoms with Crippen LogP contribution in [0.2, 0.25) is 0 Å². The zero-order chi connectivity index (χ0) is 15.0. The van der Waals surface area contributed by atoms with Crippen LogP contribution in [0.3, 0.4) is 0 Å². The summed E-state index contributed by atoms with van der Waals surface area (Å²) in [4.78, 5) is 22.8. The second-order valence-corrected chi connectivity index (χ2v) is 4.15. The van der Waals surface area contributed by atoms with Gasteiger partial charge < -0.3 is 21.1 Å². The molecule has 0 saturated carbocycles. The lowest BCUT2D eigenvalue weighted by Crippen LogP contribution is -2.24. The number of hydrogen-bond acceptors (Lipinski definition) is 5. The minimum Gasteiger partial charge on any atom is -0.462 e. The molecule has 20 heavy (non-hydrogen) atoms. The van der Waals surface area contributed by atoms with Crippen LogP contribution in [0.15, 0.2) is 18.2 Å². The number of hydrogen-bond donors (Lipinski definition) is 3. The molecule has 0 spiro atoms. The van der Waals surface area contributed by atoms with Crippen molar-refractivity contribution in [2.45, 2.75) is 20.3 Å². The molecule has 0 unspecified atom stereocenters. The maximum absolute atomic E-state index is 11.5. The Hall–Kier alpha value is -2.24. The van der Waals surface area contributed by atoms with Gasteiger partial charge in [0.05, 0.1) is 23.5 Å². The summed E-state index contributed by atoms with van der Waals surface area (Å²) in [5.41, 5.74) is 7.42. The average molecular weight is 279 g/mol. The van der Waals surface area contributed by atoms with Crippen molar-refractivity contribution in [2.24, 2.45) is 0 Å². The second-order valence-electron chi connectivity index (χ2n) is 4.15. The lowest BCUT2D eigenvalue weighted by molar-refractivity contribution is -0.120. The third-order valence-electron chi connectivity index (χ3n) is 2.60. The summed E-state index contributed by atoms with van der Waals surface area (Å²) in [6, 6.07) is 4.91. The van der Waals surface area contributed by atoms with Crippen LogP contribution in [0, 0.1) is 0 Å². The molecule has 110 valence electrons. The smallest absolute Gasteiger partial charge is 0.338 e. The first kappa shape index (κ1) is 15.8. The van der Waals surface area contributed by atoms with Crippen molar-refractivity contribution in [2.75, 3.05) is 30.7 Å². The van der Waals surface area contributed by atoms with E-state index in [1.807, 2.05) is 6.92 Å². The van der Waals surface area contributed by atoms with E-state index in [4.69, 9.17) is 10.5 Å². The van der Waals surface area contributed by atoms with Crippen LogP contribution in [0.5, 0.6) is 0 Å². The third-order valence-corrected chi connectivity index (χ3v) is 2.60. The number of rotatable bonds is 7. The Morgan fingerprint density at radius 1 is 1.30 bits per heavy atom. The number of anilines is 2. The maximum Gasteiger partial charge on any atom is 0.338 e. The van der Waals surface area contributed by atoms with Crippen LogP contribution in [0.25, 0.3) is 0 Å². The summed E-state index contributed by atoms with van der Waals surface area (Å²) in [7, 11) is 0. The van der Waals surface area contributed by atoms with Crippen LogP contribution in [0.1, 0.15) is 30.6 Å². The van der Waals surface area contributed by atoms with Crippen LogP contribution in [-0.2, 0) is 9.53 Å². The highest BCUT2D eigenvalue weighted by Gasteiger charge is 2.09. The van der Waals surface area contributed by atoms with E-state index in [-0.39, 0.29) is 5.91 Å². The number of esters is 1. The summed E-state index contributed by atoms with van der Waals surface area (Å²) in [6.45, 7) is 5.05. The molecule has 1 amide bonds. The normalized spacial score (nSPS) is 9.90. The van der Waals surface area contributed by atoms with Gasteiger partial charge in [0.2, 0.25) is 5.91 Å². The van der Waals surface area contributed by atoms with Crippen molar-refractivity contribution >= 4 is 23.3 Å². The molecule has 0 aliphatic rings. The largest absolute Gasteiger partial charge is 0.462 e. The van der Waals surface area contributed by atoms with Crippen LogP contribution in [0.4, 0.5) is 11.4 Å². The van der Waals surface area contributed by atoms with E-state index in [0.29, 0.717) is 43.1 Å². The molecule has 0 heterocycles. The van der Waals surface area contributed by atoms with E-state index in [9.17, 15) is 9.59 Å². The van der Waals surface area contributed by atoms with Crippen LogP contribution in [-0.4, -0.2) is 31.6 Å². The van der Waals surface area contributed by atoms with Gasteiger partial charge >= 0.3 is 5.97 Å². The summed E-state index contributed by atoms with van der Waals surface area (Å²) >= 11 is 0. The Bertz CT molecular complexity index is 475. The predicted molar refractivity (Wildman–Crippen MR) is 78.6 cm³/mol. The van der Waals surface area contributed by atoms with Gasteiger partial charge in [0.25, 0.3) is 0 Å². The summed E-state index contributed by atoms with van der Waals surface area (Å²) in [5.74, 6) is -0.408. The highest BCUT2D eigenvalue weighted by atomic mass is 16.5. The molecule has 0 aromatic heterocycles. The van der Waals surface area contributed by atoms with Gasteiger partial charge in [-0.15, -0.1) is 0 Å². The van der Waals surface area contributed by atoms with E-state index in [1.54, 1.807) is 25.1 Å². The van der Waals surface area contributed by atoms with E-state index in [0.717, 1.165) is 0 Å². The number of nitrogens with one attached hydrogen (secondary N) is 2. The second kappa shape index (κ2) is 8.04. The zero-order valence-corrected chi connectivity index (χ0v) is 11.9. The Morgan fingerprint density at radius 2 is 2.05 bits per heavy atom. The van der Waals surface area contributed by atoms with Crippen molar-refractivity contribution in [3.05, 3.63) is 23.8 Å². The highest BCUT2D eigenvalue weighted by molar-refractivity contribution is 5.92. The zero-order valence-electron chi connectivity index (χ0n) is 11.9. The molecule has 0 radical (unpaired) electrons. The standard InChI is InChI=1S/C14H21N3O3/c1-3-16-13(18)7-8-17-12-6-5-10(9-11(12)15)14(19)20-4-2/h5-6,9,17H,3-4,7-8,15H2,1-2H3,(H,16,18). The molecule has 0 aliphatic heterocycles. The highest BCUT2D eigenvalue weighted by Crippen LogP contribution is 2.20. The number of carbonyl (C=O) groups excluding carboxylic acids is 2. The molecular formula is C14H21N3O3. The molecule has 6 heteroatoms. The number of amides is 1. The Balaban J connectivity index is 2.56. The number of nitrogen functional groups attached to an aromatic ring is 1. The van der Waals surface area contributed by atoms with Gasteiger partial charge in [-0.3, -0.25) is 4.79 Å². The first-order valence-corrected chi connectivity index (χ1v) is 6.65. The Kier molecular flexibility index (Phi) is 6.36. The quantitative estimate of drug-likeness (QED) is 0.518. The molecule has 0 atom stereocenters. The first-order valence-electron chi connectivity index (χ1n) is 6.65. The minimum atomic E-state index is -0.395. The Morgan fingerprint density at radius 3 is 2.65 bits per heavy atom. The minimum absolute atomic E-state index is 0.0123. The van der Waals surface area contributed by atoms with Gasteiger partial charge in [0.15, 0.2) is 0 Å². The molecule has 4 N–H and O–H groups in total. The number of benzene rings is 1. The Labute approximate surface area is 118 Å². The number of nitrogens with two attached hydrogens (primary N) is 1. The third kappa shape index (κ3) is 4.79. The van der Waals surface area contributed by atoms with Crippen molar-refractivity contribution in [1.82, 2.24) is 5.32 Å². The van der Waals surface area contributed by atoms with Crippen molar-refractivity contribution in [3.63, 3.8) is 0 Å². The first-order chi connectivity index (χ1) is 9.58. The molecule has 1 rings (SSSR count). The molecule has 0 saturated heterocycles. The molecule has 6 nitrogen and oxygen atoms in total. The summed E-state index contributed by atoms with van der Waals surface area (Å²) < 4.78 is 4.89. The maximum atomic E-state index is 11.5. The average Bonchev–Trinajstić information content (AvgIpc) is 2.41. The SMILES string of the molecule is CCNC(=O)CCNc1ccc(C(=O)OCC)cc1N. The predicted octanol–water partition coefficient (Wildman–Crippen LogP) is 1.38. The fraction of sp³-hybridized carbons (Fsp3) is 0.429. The number of carbonyl (C=O) groups is 2. The lowest BCUT2D eigenvalue weighted by atomic mass is 10.1. The van der Waals surface area contributed by atoms with Crippen molar-refractivity contribution < 1.29 is 14.3 Å². The number of ether oxygens (including phenoxy) is 1. The van der Waals surface area contributed by atoms with Gasteiger partial charge in [0.1, 0.15) is 0 Å². The van der Waals surface area contributed by atoms with Crippen LogP contribution >= 0.6 is 0 Å². The van der Waals surface area contributed by atoms with Gasteiger partial charge in [-0.2, -0.15) is 0 Å². The summed E-state index contributed by atoms with van der Waals surface area (Å²) in [5, 5.41) is 5.78. The van der Waals surface area contributed by atoms with E-state index >= 15 is 0 Å². The fourth-order valence-electron chi connectivity index (χ4n) is 1.66. The molecule has 1 aromatic carbocycles. The molecular weight excluding hydrogens is 258 g/mol. The van der Waals surface area contributed by atoms with Gasteiger partial charge in [-0.05, 0) is 32.0 Å². The van der Waals surface area contributed by atoms with Crippen molar-refractivity contribution in [1.29, 1.82) is 0 Å². The fourth-order valence-corrected chi connectivity index (χ4v) is 1.66. The van der Waals surface area contributed by atoms with Crippen LogP contribution < -0.4 is 16.4 Å². The molecule has 1 aromatic rings. The van der Waals surface area contributed by atoms with E-state index < -0.39 is 5.97 Å². The topological polar surface area (TPSA) is 93.5 Å².